The number of rotatable bonds is 3. The van der Waals surface area contributed by atoms with Crippen LogP contribution in [0.4, 0.5) is 4.39 Å². The molecule has 0 atom stereocenters. The molecule has 1 N–H and O–H groups in total. The minimum atomic E-state index is -0.438. The lowest BCUT2D eigenvalue weighted by Crippen LogP contribution is -2.46. The second-order valence-corrected chi connectivity index (χ2v) is 6.62. The van der Waals surface area contributed by atoms with Gasteiger partial charge in [-0.25, -0.2) is 4.39 Å². The molecule has 0 radical (unpaired) electrons. The third-order valence-electron chi connectivity index (χ3n) is 4.82. The third-order valence-corrected chi connectivity index (χ3v) is 4.82. The van der Waals surface area contributed by atoms with E-state index in [1.165, 1.54) is 18.2 Å². The Bertz CT molecular complexity index is 878. The second-order valence-electron chi connectivity index (χ2n) is 6.62. The summed E-state index contributed by atoms with van der Waals surface area (Å²) in [7, 11) is 0. The van der Waals surface area contributed by atoms with E-state index in [4.69, 9.17) is 9.47 Å². The van der Waals surface area contributed by atoms with Crippen LogP contribution in [0.3, 0.4) is 0 Å². The molecule has 1 fully saturated rings. The van der Waals surface area contributed by atoms with Crippen LogP contribution in [0.5, 0.6) is 11.5 Å². The van der Waals surface area contributed by atoms with E-state index < -0.39 is 5.82 Å². The maximum Gasteiger partial charge on any atom is 0.253 e. The van der Waals surface area contributed by atoms with Crippen molar-refractivity contribution in [1.29, 1.82) is 0 Å². The highest BCUT2D eigenvalue weighted by atomic mass is 19.1. The first-order chi connectivity index (χ1) is 13.1. The van der Waals surface area contributed by atoms with Crippen molar-refractivity contribution in [2.45, 2.75) is 18.9 Å². The van der Waals surface area contributed by atoms with Crippen molar-refractivity contribution >= 4 is 11.8 Å². The summed E-state index contributed by atoms with van der Waals surface area (Å²) < 4.78 is 23.8. The van der Waals surface area contributed by atoms with Crippen molar-refractivity contribution in [2.24, 2.45) is 0 Å². The van der Waals surface area contributed by atoms with Crippen molar-refractivity contribution in [1.82, 2.24) is 10.2 Å². The second kappa shape index (κ2) is 7.26. The first-order valence-electron chi connectivity index (χ1n) is 8.85. The van der Waals surface area contributed by atoms with Gasteiger partial charge < -0.3 is 19.7 Å². The fourth-order valence-corrected chi connectivity index (χ4v) is 3.34. The van der Waals surface area contributed by atoms with Crippen LogP contribution in [0.1, 0.15) is 33.6 Å². The molecule has 27 heavy (non-hydrogen) atoms. The van der Waals surface area contributed by atoms with E-state index in [0.717, 1.165) is 0 Å². The number of halogens is 1. The number of nitrogens with zero attached hydrogens (tertiary/aromatic N) is 1. The van der Waals surface area contributed by atoms with Crippen molar-refractivity contribution < 1.29 is 23.5 Å². The van der Waals surface area contributed by atoms with Crippen molar-refractivity contribution in [3.63, 3.8) is 0 Å². The lowest BCUT2D eigenvalue weighted by Gasteiger charge is -2.32. The molecular weight excluding hydrogens is 351 g/mol. The minimum Gasteiger partial charge on any atom is -0.454 e. The Morgan fingerprint density at radius 3 is 2.56 bits per heavy atom. The zero-order valence-corrected chi connectivity index (χ0v) is 14.6. The van der Waals surface area contributed by atoms with Gasteiger partial charge in [-0.3, -0.25) is 9.59 Å². The fourth-order valence-electron chi connectivity index (χ4n) is 3.34. The molecule has 2 aliphatic heterocycles. The molecule has 0 saturated carbocycles. The Morgan fingerprint density at radius 1 is 1.00 bits per heavy atom. The van der Waals surface area contributed by atoms with Gasteiger partial charge in [-0.1, -0.05) is 6.07 Å². The van der Waals surface area contributed by atoms with Crippen LogP contribution in [0.25, 0.3) is 0 Å². The maximum atomic E-state index is 13.2. The number of piperidine rings is 1. The molecule has 2 amide bonds. The van der Waals surface area contributed by atoms with E-state index in [-0.39, 0.29) is 24.6 Å². The standard InChI is InChI=1S/C20H19FN2O4/c21-15-3-1-2-13(10-15)19(24)22-16-6-8-23(9-7-16)20(25)14-4-5-17-18(11-14)27-12-26-17/h1-5,10-11,16H,6-9,12H2,(H,22,24). The summed E-state index contributed by atoms with van der Waals surface area (Å²) in [5, 5.41) is 2.92. The zero-order valence-electron chi connectivity index (χ0n) is 14.6. The van der Waals surface area contributed by atoms with Gasteiger partial charge >= 0.3 is 0 Å². The molecule has 0 aliphatic carbocycles. The number of hydrogen-bond acceptors (Lipinski definition) is 4. The number of hydrogen-bond donors (Lipinski definition) is 1. The predicted octanol–water partition coefficient (Wildman–Crippen LogP) is 2.59. The number of amides is 2. The largest absolute Gasteiger partial charge is 0.454 e. The first-order valence-corrected chi connectivity index (χ1v) is 8.85. The summed E-state index contributed by atoms with van der Waals surface area (Å²) >= 11 is 0. The van der Waals surface area contributed by atoms with Crippen molar-refractivity contribution in [3.05, 3.63) is 59.4 Å². The smallest absolute Gasteiger partial charge is 0.253 e. The van der Waals surface area contributed by atoms with Gasteiger partial charge in [0.1, 0.15) is 5.82 Å². The van der Waals surface area contributed by atoms with E-state index in [0.29, 0.717) is 48.6 Å². The number of carbonyl (C=O) groups excluding carboxylic acids is 2. The summed E-state index contributed by atoms with van der Waals surface area (Å²) in [5.74, 6) is 0.424. The number of carbonyl (C=O) groups is 2. The Balaban J connectivity index is 1.33. The van der Waals surface area contributed by atoms with E-state index in [1.807, 2.05) is 0 Å². The van der Waals surface area contributed by atoms with Gasteiger partial charge in [-0.15, -0.1) is 0 Å². The van der Waals surface area contributed by atoms with Crippen LogP contribution < -0.4 is 14.8 Å². The summed E-state index contributed by atoms with van der Waals surface area (Å²) in [5.41, 5.74) is 0.857. The van der Waals surface area contributed by atoms with Gasteiger partial charge in [-0.2, -0.15) is 0 Å². The maximum absolute atomic E-state index is 13.2. The Labute approximate surface area is 155 Å². The third kappa shape index (κ3) is 3.72. The van der Waals surface area contributed by atoms with Gasteiger partial charge in [0.15, 0.2) is 11.5 Å². The average molecular weight is 370 g/mol. The van der Waals surface area contributed by atoms with E-state index in [9.17, 15) is 14.0 Å². The summed E-state index contributed by atoms with van der Waals surface area (Å²) in [6.45, 7) is 1.26. The predicted molar refractivity (Wildman–Crippen MR) is 95.4 cm³/mol. The van der Waals surface area contributed by atoms with Gasteiger partial charge in [0, 0.05) is 30.3 Å². The molecule has 140 valence electrons. The molecule has 2 aromatic carbocycles. The van der Waals surface area contributed by atoms with Gasteiger partial charge in [0.05, 0.1) is 0 Å². The molecular formula is C20H19FN2O4. The minimum absolute atomic E-state index is 0.0402. The summed E-state index contributed by atoms with van der Waals surface area (Å²) in [4.78, 5) is 26.7. The van der Waals surface area contributed by atoms with E-state index in [2.05, 4.69) is 5.32 Å². The van der Waals surface area contributed by atoms with Crippen LogP contribution in [-0.4, -0.2) is 42.6 Å². The molecule has 0 spiro atoms. The van der Waals surface area contributed by atoms with Gasteiger partial charge in [0.25, 0.3) is 11.8 Å². The van der Waals surface area contributed by atoms with Crippen LogP contribution in [-0.2, 0) is 0 Å². The quantitative estimate of drug-likeness (QED) is 0.902. The summed E-state index contributed by atoms with van der Waals surface area (Å²) in [6, 6.07) is 10.7. The van der Waals surface area contributed by atoms with Crippen LogP contribution in [0, 0.1) is 5.82 Å². The number of ether oxygens (including phenoxy) is 2. The van der Waals surface area contributed by atoms with Crippen LogP contribution in [0.15, 0.2) is 42.5 Å². The topological polar surface area (TPSA) is 67.9 Å². The molecule has 0 bridgehead atoms. The molecule has 0 unspecified atom stereocenters. The van der Waals surface area contributed by atoms with Crippen molar-refractivity contribution in [2.75, 3.05) is 19.9 Å². The van der Waals surface area contributed by atoms with Crippen LogP contribution >= 0.6 is 0 Å². The zero-order chi connectivity index (χ0) is 18.8. The number of nitrogens with one attached hydrogen (secondary N) is 1. The van der Waals surface area contributed by atoms with E-state index in [1.54, 1.807) is 29.2 Å². The van der Waals surface area contributed by atoms with Crippen LogP contribution in [0.2, 0.25) is 0 Å². The molecule has 2 heterocycles. The highest BCUT2D eigenvalue weighted by Gasteiger charge is 2.26. The Kier molecular flexibility index (Phi) is 4.66. The van der Waals surface area contributed by atoms with E-state index >= 15 is 0 Å². The number of fused-ring (bicyclic) bond motifs is 1. The monoisotopic (exact) mass is 370 g/mol. The molecule has 1 saturated heterocycles. The first kappa shape index (κ1) is 17.3. The Morgan fingerprint density at radius 2 is 1.78 bits per heavy atom. The SMILES string of the molecule is O=C(NC1CCN(C(=O)c2ccc3c(c2)OCO3)CC1)c1cccc(F)c1. The molecule has 2 aliphatic rings. The van der Waals surface area contributed by atoms with Gasteiger partial charge in [-0.05, 0) is 49.2 Å². The average Bonchev–Trinajstić information content (AvgIpc) is 3.16. The summed E-state index contributed by atoms with van der Waals surface area (Å²) in [6.07, 6.45) is 1.30. The number of benzene rings is 2. The van der Waals surface area contributed by atoms with Gasteiger partial charge in [0.2, 0.25) is 6.79 Å². The Hall–Kier alpha value is -3.09. The lowest BCUT2D eigenvalue weighted by molar-refractivity contribution is 0.0697. The lowest BCUT2D eigenvalue weighted by atomic mass is 10.0. The number of likely N-dealkylation sites (tertiary alicyclic amines) is 1. The van der Waals surface area contributed by atoms with Crippen molar-refractivity contribution in [3.8, 4) is 11.5 Å². The molecule has 6 nitrogen and oxygen atoms in total. The highest BCUT2D eigenvalue weighted by Crippen LogP contribution is 2.33. The molecule has 4 rings (SSSR count). The molecule has 0 aromatic heterocycles. The molecule has 2 aromatic rings. The highest BCUT2D eigenvalue weighted by molar-refractivity contribution is 5.95. The fraction of sp³-hybridized carbons (Fsp3) is 0.300. The molecule has 7 heteroatoms. The normalized spacial score (nSPS) is 16.3.